The first kappa shape index (κ1) is 12.5. The molecule has 0 fully saturated rings. The molecule has 2 heteroatoms. The van der Waals surface area contributed by atoms with E-state index < -0.39 is 0 Å². The van der Waals surface area contributed by atoms with Gasteiger partial charge in [-0.3, -0.25) is 4.79 Å². The van der Waals surface area contributed by atoms with E-state index in [-0.39, 0.29) is 11.9 Å². The highest BCUT2D eigenvalue weighted by Gasteiger charge is 2.25. The van der Waals surface area contributed by atoms with Gasteiger partial charge in [-0.15, -0.1) is 0 Å². The quantitative estimate of drug-likeness (QED) is 0.617. The number of ether oxygens (including phenoxy) is 1. The second-order valence-electron chi connectivity index (χ2n) is 4.14. The van der Waals surface area contributed by atoms with Gasteiger partial charge in [0.2, 0.25) is 0 Å². The zero-order valence-corrected chi connectivity index (χ0v) is 9.46. The number of esters is 1. The van der Waals surface area contributed by atoms with E-state index in [0.717, 1.165) is 12.8 Å². The molecule has 0 saturated heterocycles. The van der Waals surface area contributed by atoms with Crippen LogP contribution < -0.4 is 0 Å². The largest absolute Gasteiger partial charge is 0.469 e. The first-order valence-electron chi connectivity index (χ1n) is 5.10. The van der Waals surface area contributed by atoms with Crippen molar-refractivity contribution in [3.63, 3.8) is 0 Å². The van der Waals surface area contributed by atoms with E-state index in [1.54, 1.807) is 0 Å². The minimum atomic E-state index is -0.0527. The Morgan fingerprint density at radius 3 is 2.15 bits per heavy atom. The summed E-state index contributed by atoms with van der Waals surface area (Å²) >= 11 is 0. The van der Waals surface area contributed by atoms with Gasteiger partial charge in [0, 0.05) is 0 Å². The molecule has 0 saturated carbocycles. The average Bonchev–Trinajstić information content (AvgIpc) is 2.11. The van der Waals surface area contributed by atoms with Crippen LogP contribution in [0.5, 0.6) is 0 Å². The molecule has 0 aliphatic carbocycles. The van der Waals surface area contributed by atoms with Crippen molar-refractivity contribution in [2.24, 2.45) is 17.8 Å². The minimum Gasteiger partial charge on any atom is -0.469 e. The van der Waals surface area contributed by atoms with Crippen LogP contribution in [0.3, 0.4) is 0 Å². The Bertz CT molecular complexity index is 152. The Balaban J connectivity index is 4.26. The fraction of sp³-hybridized carbons (Fsp3) is 0.909. The van der Waals surface area contributed by atoms with Gasteiger partial charge < -0.3 is 4.74 Å². The van der Waals surface area contributed by atoms with Crippen molar-refractivity contribution in [3.8, 4) is 0 Å². The van der Waals surface area contributed by atoms with E-state index in [2.05, 4.69) is 27.7 Å². The maximum Gasteiger partial charge on any atom is 0.308 e. The molecule has 0 aliphatic rings. The summed E-state index contributed by atoms with van der Waals surface area (Å²) in [5.41, 5.74) is 0. The molecule has 0 radical (unpaired) electrons. The zero-order valence-electron chi connectivity index (χ0n) is 9.46. The van der Waals surface area contributed by atoms with Crippen molar-refractivity contribution < 1.29 is 9.53 Å². The van der Waals surface area contributed by atoms with Gasteiger partial charge in [-0.1, -0.05) is 34.1 Å². The lowest BCUT2D eigenvalue weighted by atomic mass is 9.85. The summed E-state index contributed by atoms with van der Waals surface area (Å²) in [7, 11) is 1.47. The lowest BCUT2D eigenvalue weighted by Gasteiger charge is -2.21. The van der Waals surface area contributed by atoms with Gasteiger partial charge in [0.15, 0.2) is 0 Å². The molecule has 0 bridgehead atoms. The molecule has 13 heavy (non-hydrogen) atoms. The molecule has 0 N–H and O–H groups in total. The van der Waals surface area contributed by atoms with E-state index in [1.165, 1.54) is 7.11 Å². The van der Waals surface area contributed by atoms with E-state index in [0.29, 0.717) is 11.8 Å². The number of hydrogen-bond donors (Lipinski definition) is 0. The molecule has 0 aromatic carbocycles. The van der Waals surface area contributed by atoms with Gasteiger partial charge >= 0.3 is 5.97 Å². The van der Waals surface area contributed by atoms with E-state index in [9.17, 15) is 4.79 Å². The summed E-state index contributed by atoms with van der Waals surface area (Å²) in [6.45, 7) is 8.50. The lowest BCUT2D eigenvalue weighted by Crippen LogP contribution is -2.24. The SMILES string of the molecule is CCC(C)C(CC(C)C)C(=O)OC. The third kappa shape index (κ3) is 4.30. The van der Waals surface area contributed by atoms with Crippen LogP contribution in [0.2, 0.25) is 0 Å². The molecule has 0 amide bonds. The van der Waals surface area contributed by atoms with E-state index >= 15 is 0 Å². The number of rotatable bonds is 5. The Morgan fingerprint density at radius 2 is 1.85 bits per heavy atom. The number of hydrogen-bond acceptors (Lipinski definition) is 2. The van der Waals surface area contributed by atoms with Crippen molar-refractivity contribution in [3.05, 3.63) is 0 Å². The molecule has 0 aromatic heterocycles. The maximum absolute atomic E-state index is 11.4. The summed E-state index contributed by atoms with van der Waals surface area (Å²) in [6.07, 6.45) is 1.97. The Labute approximate surface area is 81.7 Å². The summed E-state index contributed by atoms with van der Waals surface area (Å²) in [5, 5.41) is 0. The van der Waals surface area contributed by atoms with Gasteiger partial charge in [0.25, 0.3) is 0 Å². The fourth-order valence-corrected chi connectivity index (χ4v) is 1.50. The zero-order chi connectivity index (χ0) is 10.4. The van der Waals surface area contributed by atoms with Gasteiger partial charge in [0.1, 0.15) is 0 Å². The third-order valence-electron chi connectivity index (χ3n) is 2.56. The first-order chi connectivity index (χ1) is 6.02. The molecule has 2 atom stereocenters. The van der Waals surface area contributed by atoms with Crippen LogP contribution in [0.25, 0.3) is 0 Å². The van der Waals surface area contributed by atoms with Crippen LogP contribution in [0.15, 0.2) is 0 Å². The lowest BCUT2D eigenvalue weighted by molar-refractivity contribution is -0.148. The number of carbonyl (C=O) groups is 1. The smallest absolute Gasteiger partial charge is 0.308 e. The van der Waals surface area contributed by atoms with Crippen LogP contribution in [0, 0.1) is 17.8 Å². The third-order valence-corrected chi connectivity index (χ3v) is 2.56. The molecule has 0 rings (SSSR count). The molecule has 0 aromatic rings. The van der Waals surface area contributed by atoms with Crippen molar-refractivity contribution >= 4 is 5.97 Å². The van der Waals surface area contributed by atoms with Gasteiger partial charge in [-0.25, -0.2) is 0 Å². The highest BCUT2D eigenvalue weighted by Crippen LogP contribution is 2.23. The average molecular weight is 186 g/mol. The van der Waals surface area contributed by atoms with Crippen LogP contribution in [0.1, 0.15) is 40.5 Å². The fourth-order valence-electron chi connectivity index (χ4n) is 1.50. The first-order valence-corrected chi connectivity index (χ1v) is 5.10. The molecular weight excluding hydrogens is 164 g/mol. The molecular formula is C11H22O2. The maximum atomic E-state index is 11.4. The van der Waals surface area contributed by atoms with Gasteiger partial charge in [-0.05, 0) is 18.3 Å². The molecule has 0 heterocycles. The van der Waals surface area contributed by atoms with Crippen LogP contribution >= 0.6 is 0 Å². The van der Waals surface area contributed by atoms with Gasteiger partial charge in [0.05, 0.1) is 13.0 Å². The van der Waals surface area contributed by atoms with Crippen molar-refractivity contribution in [1.29, 1.82) is 0 Å². The monoisotopic (exact) mass is 186 g/mol. The van der Waals surface area contributed by atoms with Gasteiger partial charge in [-0.2, -0.15) is 0 Å². The van der Waals surface area contributed by atoms with Crippen LogP contribution in [-0.2, 0) is 9.53 Å². The highest BCUT2D eigenvalue weighted by molar-refractivity contribution is 5.72. The van der Waals surface area contributed by atoms with E-state index in [1.807, 2.05) is 0 Å². The number of methoxy groups -OCH3 is 1. The summed E-state index contributed by atoms with van der Waals surface area (Å²) in [4.78, 5) is 11.4. The molecule has 2 unspecified atom stereocenters. The molecule has 78 valence electrons. The second kappa shape index (κ2) is 6.01. The second-order valence-corrected chi connectivity index (χ2v) is 4.14. The van der Waals surface area contributed by atoms with Crippen LogP contribution in [-0.4, -0.2) is 13.1 Å². The summed E-state index contributed by atoms with van der Waals surface area (Å²) < 4.78 is 4.80. The number of carbonyl (C=O) groups excluding carboxylic acids is 1. The van der Waals surface area contributed by atoms with Crippen LogP contribution in [0.4, 0.5) is 0 Å². The van der Waals surface area contributed by atoms with Crippen molar-refractivity contribution in [2.75, 3.05) is 7.11 Å². The standard InChI is InChI=1S/C11H22O2/c1-6-9(4)10(7-8(2)3)11(12)13-5/h8-10H,6-7H2,1-5H3. The Morgan fingerprint density at radius 1 is 1.31 bits per heavy atom. The topological polar surface area (TPSA) is 26.3 Å². The Hall–Kier alpha value is -0.530. The summed E-state index contributed by atoms with van der Waals surface area (Å²) in [6, 6.07) is 0. The predicted molar refractivity (Wildman–Crippen MR) is 54.4 cm³/mol. The van der Waals surface area contributed by atoms with E-state index in [4.69, 9.17) is 4.74 Å². The predicted octanol–water partition coefficient (Wildman–Crippen LogP) is 2.87. The molecule has 0 aliphatic heterocycles. The molecule has 2 nitrogen and oxygen atoms in total. The highest BCUT2D eigenvalue weighted by atomic mass is 16.5. The van der Waals surface area contributed by atoms with Crippen molar-refractivity contribution in [2.45, 2.75) is 40.5 Å². The summed E-state index contributed by atoms with van der Waals surface area (Å²) in [5.74, 6) is 1.01. The van der Waals surface area contributed by atoms with Crippen molar-refractivity contribution in [1.82, 2.24) is 0 Å². The minimum absolute atomic E-state index is 0.0527. The normalized spacial score (nSPS) is 15.5. The Kier molecular flexibility index (Phi) is 5.76. The molecule has 0 spiro atoms.